The number of amides is 1. The summed E-state index contributed by atoms with van der Waals surface area (Å²) in [6.45, 7) is 2.39. The summed E-state index contributed by atoms with van der Waals surface area (Å²) in [6, 6.07) is 7.93. The van der Waals surface area contributed by atoms with E-state index in [0.29, 0.717) is 18.3 Å². The second-order valence-electron chi connectivity index (χ2n) is 6.36. The molecule has 1 aromatic heterocycles. The lowest BCUT2D eigenvalue weighted by Gasteiger charge is -2.25. The van der Waals surface area contributed by atoms with Crippen LogP contribution in [0, 0.1) is 12.8 Å². The first-order valence-corrected chi connectivity index (χ1v) is 8.28. The van der Waals surface area contributed by atoms with Crippen molar-refractivity contribution in [1.82, 2.24) is 15.0 Å². The van der Waals surface area contributed by atoms with Gasteiger partial charge in [0.05, 0.1) is 6.54 Å². The van der Waals surface area contributed by atoms with Gasteiger partial charge in [0.1, 0.15) is 0 Å². The number of rotatable bonds is 4. The van der Waals surface area contributed by atoms with Crippen molar-refractivity contribution in [2.75, 3.05) is 7.05 Å². The number of carbonyl (C=O) groups is 1. The molecular formula is C18H23N3O2. The Morgan fingerprint density at radius 3 is 2.74 bits per heavy atom. The van der Waals surface area contributed by atoms with Crippen molar-refractivity contribution in [2.24, 2.45) is 5.92 Å². The van der Waals surface area contributed by atoms with E-state index < -0.39 is 0 Å². The summed E-state index contributed by atoms with van der Waals surface area (Å²) in [5.41, 5.74) is 2.07. The smallest absolute Gasteiger partial charge is 0.246 e. The molecule has 0 atom stereocenters. The molecule has 1 fully saturated rings. The van der Waals surface area contributed by atoms with Crippen LogP contribution in [-0.4, -0.2) is 28.0 Å². The molecule has 5 heteroatoms. The van der Waals surface area contributed by atoms with Gasteiger partial charge in [-0.15, -0.1) is 0 Å². The van der Waals surface area contributed by atoms with Gasteiger partial charge in [0.25, 0.3) is 0 Å². The number of aryl methyl sites for hydroxylation is 1. The van der Waals surface area contributed by atoms with Crippen molar-refractivity contribution in [3.63, 3.8) is 0 Å². The van der Waals surface area contributed by atoms with Gasteiger partial charge in [-0.25, -0.2) is 0 Å². The highest BCUT2D eigenvalue weighted by molar-refractivity contribution is 5.78. The summed E-state index contributed by atoms with van der Waals surface area (Å²) in [5.74, 6) is 1.42. The first kappa shape index (κ1) is 15.7. The van der Waals surface area contributed by atoms with Gasteiger partial charge in [0.2, 0.25) is 17.6 Å². The van der Waals surface area contributed by atoms with Crippen molar-refractivity contribution in [3.05, 3.63) is 35.7 Å². The molecule has 1 aliphatic carbocycles. The molecule has 122 valence electrons. The van der Waals surface area contributed by atoms with Crippen molar-refractivity contribution < 1.29 is 9.32 Å². The fourth-order valence-electron chi connectivity index (χ4n) is 3.19. The van der Waals surface area contributed by atoms with E-state index >= 15 is 0 Å². The lowest BCUT2D eigenvalue weighted by Crippen LogP contribution is -2.33. The minimum absolute atomic E-state index is 0.160. The number of hydrogen-bond donors (Lipinski definition) is 0. The van der Waals surface area contributed by atoms with Crippen LogP contribution in [-0.2, 0) is 11.3 Å². The summed E-state index contributed by atoms with van der Waals surface area (Å²) < 4.78 is 5.33. The predicted octanol–water partition coefficient (Wildman–Crippen LogP) is 3.58. The van der Waals surface area contributed by atoms with E-state index in [1.807, 2.05) is 38.2 Å². The highest BCUT2D eigenvalue weighted by Gasteiger charge is 2.25. The molecule has 0 aliphatic heterocycles. The number of nitrogens with zero attached hydrogens (tertiary/aromatic N) is 3. The monoisotopic (exact) mass is 313 g/mol. The third kappa shape index (κ3) is 3.60. The van der Waals surface area contributed by atoms with E-state index in [1.165, 1.54) is 6.42 Å². The van der Waals surface area contributed by atoms with Gasteiger partial charge in [0, 0.05) is 18.5 Å². The summed E-state index contributed by atoms with van der Waals surface area (Å²) in [6.07, 6.45) is 5.56. The van der Waals surface area contributed by atoms with Crippen LogP contribution in [0.5, 0.6) is 0 Å². The first-order chi connectivity index (χ1) is 11.1. The Hall–Kier alpha value is -2.17. The lowest BCUT2D eigenvalue weighted by atomic mass is 9.88. The Labute approximate surface area is 136 Å². The van der Waals surface area contributed by atoms with E-state index in [1.54, 1.807) is 4.90 Å². The fraction of sp³-hybridized carbons (Fsp3) is 0.500. The average Bonchev–Trinajstić information content (AvgIpc) is 3.03. The maximum absolute atomic E-state index is 12.5. The Balaban J connectivity index is 1.66. The van der Waals surface area contributed by atoms with Gasteiger partial charge in [0.15, 0.2) is 0 Å². The molecule has 1 aliphatic rings. The standard InChI is InChI=1S/C18H23N3O2/c1-13-8-6-7-11-15(13)17-19-16(23-20-17)12-21(2)18(22)14-9-4-3-5-10-14/h6-8,11,14H,3-5,9-10,12H2,1-2H3. The van der Waals surface area contributed by atoms with Crippen LogP contribution >= 0.6 is 0 Å². The summed E-state index contributed by atoms with van der Waals surface area (Å²) in [7, 11) is 1.81. The molecule has 1 saturated carbocycles. The van der Waals surface area contributed by atoms with E-state index in [4.69, 9.17) is 4.52 Å². The van der Waals surface area contributed by atoms with Crippen LogP contribution < -0.4 is 0 Å². The van der Waals surface area contributed by atoms with Gasteiger partial charge < -0.3 is 9.42 Å². The Kier molecular flexibility index (Phi) is 4.74. The highest BCUT2D eigenvalue weighted by Crippen LogP contribution is 2.26. The number of benzene rings is 1. The van der Waals surface area contributed by atoms with Gasteiger partial charge >= 0.3 is 0 Å². The maximum atomic E-state index is 12.5. The molecule has 5 nitrogen and oxygen atoms in total. The van der Waals surface area contributed by atoms with Crippen LogP contribution in [0.2, 0.25) is 0 Å². The summed E-state index contributed by atoms with van der Waals surface area (Å²) >= 11 is 0. The maximum Gasteiger partial charge on any atom is 0.246 e. The van der Waals surface area contributed by atoms with Crippen LogP contribution in [0.15, 0.2) is 28.8 Å². The third-order valence-corrected chi connectivity index (χ3v) is 4.56. The quantitative estimate of drug-likeness (QED) is 0.865. The SMILES string of the molecule is Cc1ccccc1-c1noc(CN(C)C(=O)C2CCCCC2)n1. The first-order valence-electron chi connectivity index (χ1n) is 8.28. The second kappa shape index (κ2) is 6.94. The number of hydrogen-bond acceptors (Lipinski definition) is 4. The Morgan fingerprint density at radius 2 is 2.00 bits per heavy atom. The van der Waals surface area contributed by atoms with Gasteiger partial charge in [-0.3, -0.25) is 4.79 Å². The van der Waals surface area contributed by atoms with Gasteiger partial charge in [-0.05, 0) is 25.3 Å². The molecule has 0 unspecified atom stereocenters. The molecule has 3 rings (SSSR count). The topological polar surface area (TPSA) is 59.2 Å². The highest BCUT2D eigenvalue weighted by atomic mass is 16.5. The average molecular weight is 313 g/mol. The van der Waals surface area contributed by atoms with Crippen LogP contribution in [0.3, 0.4) is 0 Å². The van der Waals surface area contributed by atoms with Crippen molar-refractivity contribution >= 4 is 5.91 Å². The molecule has 0 bridgehead atoms. The molecular weight excluding hydrogens is 290 g/mol. The number of carbonyl (C=O) groups excluding carboxylic acids is 1. The third-order valence-electron chi connectivity index (χ3n) is 4.56. The van der Waals surface area contributed by atoms with E-state index in [-0.39, 0.29) is 11.8 Å². The minimum Gasteiger partial charge on any atom is -0.337 e. The lowest BCUT2D eigenvalue weighted by molar-refractivity contribution is -0.136. The zero-order chi connectivity index (χ0) is 16.2. The van der Waals surface area contributed by atoms with Crippen molar-refractivity contribution in [2.45, 2.75) is 45.6 Å². The molecule has 0 N–H and O–H groups in total. The molecule has 23 heavy (non-hydrogen) atoms. The Morgan fingerprint density at radius 1 is 1.26 bits per heavy atom. The van der Waals surface area contributed by atoms with Crippen LogP contribution in [0.25, 0.3) is 11.4 Å². The summed E-state index contributed by atoms with van der Waals surface area (Å²) in [4.78, 5) is 18.6. The number of aromatic nitrogens is 2. The molecule has 1 amide bonds. The van der Waals surface area contributed by atoms with E-state index in [0.717, 1.165) is 36.8 Å². The van der Waals surface area contributed by atoms with Crippen LogP contribution in [0.1, 0.15) is 43.6 Å². The largest absolute Gasteiger partial charge is 0.337 e. The minimum atomic E-state index is 0.160. The van der Waals surface area contributed by atoms with E-state index in [2.05, 4.69) is 10.1 Å². The predicted molar refractivity (Wildman–Crippen MR) is 87.5 cm³/mol. The fourth-order valence-corrected chi connectivity index (χ4v) is 3.19. The van der Waals surface area contributed by atoms with Crippen LogP contribution in [0.4, 0.5) is 0 Å². The second-order valence-corrected chi connectivity index (χ2v) is 6.36. The normalized spacial score (nSPS) is 15.6. The molecule has 2 aromatic rings. The molecule has 1 heterocycles. The Bertz CT molecular complexity index is 674. The zero-order valence-corrected chi connectivity index (χ0v) is 13.8. The van der Waals surface area contributed by atoms with E-state index in [9.17, 15) is 4.79 Å². The molecule has 0 radical (unpaired) electrons. The zero-order valence-electron chi connectivity index (χ0n) is 13.8. The van der Waals surface area contributed by atoms with Gasteiger partial charge in [-0.1, -0.05) is 48.7 Å². The molecule has 1 aromatic carbocycles. The van der Waals surface area contributed by atoms with Crippen molar-refractivity contribution in [3.8, 4) is 11.4 Å². The van der Waals surface area contributed by atoms with Gasteiger partial charge in [-0.2, -0.15) is 4.98 Å². The molecule has 0 spiro atoms. The summed E-state index contributed by atoms with van der Waals surface area (Å²) in [5, 5.41) is 4.05. The van der Waals surface area contributed by atoms with Crippen molar-refractivity contribution in [1.29, 1.82) is 0 Å². The molecule has 0 saturated heterocycles.